The SMILES string of the molecule is CN(c1ccc(C#N)c(F)c1F)C1CCOCC1. The number of rotatable bonds is 2. The van der Waals surface area contributed by atoms with Gasteiger partial charge in [-0.2, -0.15) is 5.26 Å². The third kappa shape index (κ3) is 2.29. The summed E-state index contributed by atoms with van der Waals surface area (Å²) in [6.45, 7) is 1.27. The number of hydrogen-bond donors (Lipinski definition) is 0. The van der Waals surface area contributed by atoms with E-state index in [2.05, 4.69) is 0 Å². The molecule has 0 aliphatic carbocycles. The number of hydrogen-bond acceptors (Lipinski definition) is 3. The van der Waals surface area contributed by atoms with Crippen molar-refractivity contribution in [2.24, 2.45) is 0 Å². The molecule has 0 radical (unpaired) electrons. The second-order valence-electron chi connectivity index (χ2n) is 4.33. The molecular formula is C13H14F2N2O. The smallest absolute Gasteiger partial charge is 0.183 e. The maximum Gasteiger partial charge on any atom is 0.183 e. The van der Waals surface area contributed by atoms with Crippen LogP contribution >= 0.6 is 0 Å². The molecule has 1 aromatic rings. The normalized spacial score (nSPS) is 16.3. The summed E-state index contributed by atoms with van der Waals surface area (Å²) >= 11 is 0. The Labute approximate surface area is 105 Å². The number of halogens is 2. The van der Waals surface area contributed by atoms with E-state index in [1.807, 2.05) is 0 Å². The summed E-state index contributed by atoms with van der Waals surface area (Å²) in [5.41, 5.74) is -0.0740. The number of benzene rings is 1. The van der Waals surface area contributed by atoms with Gasteiger partial charge in [0.1, 0.15) is 6.07 Å². The summed E-state index contributed by atoms with van der Waals surface area (Å²) in [7, 11) is 1.74. The van der Waals surface area contributed by atoms with Crippen molar-refractivity contribution in [1.29, 1.82) is 5.26 Å². The average Bonchev–Trinajstić information content (AvgIpc) is 2.42. The van der Waals surface area contributed by atoms with E-state index in [1.54, 1.807) is 18.0 Å². The second kappa shape index (κ2) is 5.32. The Balaban J connectivity index is 2.28. The summed E-state index contributed by atoms with van der Waals surface area (Å²) in [5.74, 6) is -2.03. The summed E-state index contributed by atoms with van der Waals surface area (Å²) in [6, 6.07) is 4.53. The fourth-order valence-corrected chi connectivity index (χ4v) is 2.17. The molecule has 1 aromatic carbocycles. The van der Waals surface area contributed by atoms with Crippen LogP contribution in [0.5, 0.6) is 0 Å². The lowest BCUT2D eigenvalue weighted by atomic mass is 10.1. The van der Waals surface area contributed by atoms with E-state index in [-0.39, 0.29) is 17.3 Å². The predicted molar refractivity (Wildman–Crippen MR) is 63.3 cm³/mol. The minimum atomic E-state index is -1.08. The summed E-state index contributed by atoms with van der Waals surface area (Å²) in [5, 5.41) is 8.63. The van der Waals surface area contributed by atoms with Gasteiger partial charge in [-0.05, 0) is 25.0 Å². The van der Waals surface area contributed by atoms with E-state index in [4.69, 9.17) is 10.00 Å². The van der Waals surface area contributed by atoms with E-state index in [1.165, 1.54) is 12.1 Å². The van der Waals surface area contributed by atoms with Crippen molar-refractivity contribution in [3.8, 4) is 6.07 Å². The van der Waals surface area contributed by atoms with Crippen molar-refractivity contribution in [3.05, 3.63) is 29.3 Å². The lowest BCUT2D eigenvalue weighted by Gasteiger charge is -2.33. The van der Waals surface area contributed by atoms with Crippen LogP contribution in [0.2, 0.25) is 0 Å². The number of nitrogens with zero attached hydrogens (tertiary/aromatic N) is 2. The molecule has 0 aromatic heterocycles. The molecule has 0 spiro atoms. The quantitative estimate of drug-likeness (QED) is 0.811. The van der Waals surface area contributed by atoms with Crippen LogP contribution in [-0.2, 0) is 4.74 Å². The molecule has 0 amide bonds. The Morgan fingerprint density at radius 3 is 2.56 bits per heavy atom. The third-order valence-electron chi connectivity index (χ3n) is 3.30. The molecule has 5 heteroatoms. The Morgan fingerprint density at radius 2 is 1.94 bits per heavy atom. The molecule has 0 N–H and O–H groups in total. The predicted octanol–water partition coefficient (Wildman–Crippen LogP) is 2.45. The van der Waals surface area contributed by atoms with E-state index < -0.39 is 11.6 Å². The van der Waals surface area contributed by atoms with Crippen molar-refractivity contribution in [1.82, 2.24) is 0 Å². The summed E-state index contributed by atoms with van der Waals surface area (Å²) in [6.07, 6.45) is 1.58. The maximum atomic E-state index is 13.9. The van der Waals surface area contributed by atoms with Crippen LogP contribution in [0.1, 0.15) is 18.4 Å². The standard InChI is InChI=1S/C13H14F2N2O/c1-17(10-4-6-18-7-5-10)11-3-2-9(8-16)12(14)13(11)15/h2-3,10H,4-7H2,1H3. The van der Waals surface area contributed by atoms with Crippen LogP contribution in [0.4, 0.5) is 14.5 Å². The van der Waals surface area contributed by atoms with Crippen molar-refractivity contribution in [3.63, 3.8) is 0 Å². The van der Waals surface area contributed by atoms with Crippen LogP contribution in [-0.4, -0.2) is 26.3 Å². The van der Waals surface area contributed by atoms with Gasteiger partial charge in [0.25, 0.3) is 0 Å². The molecule has 2 rings (SSSR count). The average molecular weight is 252 g/mol. The molecule has 1 aliphatic heterocycles. The molecule has 18 heavy (non-hydrogen) atoms. The van der Waals surface area contributed by atoms with Gasteiger partial charge in [0.2, 0.25) is 0 Å². The van der Waals surface area contributed by atoms with Gasteiger partial charge in [-0.25, -0.2) is 8.78 Å². The van der Waals surface area contributed by atoms with Gasteiger partial charge in [0.05, 0.1) is 11.3 Å². The summed E-state index contributed by atoms with van der Waals surface area (Å²) < 4.78 is 32.6. The lowest BCUT2D eigenvalue weighted by Crippen LogP contribution is -2.37. The molecule has 1 heterocycles. The lowest BCUT2D eigenvalue weighted by molar-refractivity contribution is 0.0853. The fraction of sp³-hybridized carbons (Fsp3) is 0.462. The van der Waals surface area contributed by atoms with Crippen molar-refractivity contribution >= 4 is 5.69 Å². The van der Waals surface area contributed by atoms with E-state index in [9.17, 15) is 8.78 Å². The van der Waals surface area contributed by atoms with Crippen LogP contribution in [0, 0.1) is 23.0 Å². The van der Waals surface area contributed by atoms with E-state index in [0.717, 1.165) is 12.8 Å². The molecule has 3 nitrogen and oxygen atoms in total. The van der Waals surface area contributed by atoms with E-state index >= 15 is 0 Å². The van der Waals surface area contributed by atoms with Crippen LogP contribution in [0.25, 0.3) is 0 Å². The topological polar surface area (TPSA) is 36.3 Å². The zero-order chi connectivity index (χ0) is 13.1. The third-order valence-corrected chi connectivity index (χ3v) is 3.30. The van der Waals surface area contributed by atoms with Gasteiger partial charge < -0.3 is 9.64 Å². The highest BCUT2D eigenvalue weighted by atomic mass is 19.2. The molecule has 1 fully saturated rings. The maximum absolute atomic E-state index is 13.9. The molecule has 0 atom stereocenters. The van der Waals surface area contributed by atoms with Gasteiger partial charge in [-0.15, -0.1) is 0 Å². The molecular weight excluding hydrogens is 238 g/mol. The highest BCUT2D eigenvalue weighted by Crippen LogP contribution is 2.27. The molecule has 96 valence electrons. The zero-order valence-corrected chi connectivity index (χ0v) is 10.1. The minimum Gasteiger partial charge on any atom is -0.381 e. The molecule has 1 saturated heterocycles. The molecule has 0 unspecified atom stereocenters. The Hall–Kier alpha value is -1.67. The van der Waals surface area contributed by atoms with Gasteiger partial charge in [0, 0.05) is 26.3 Å². The van der Waals surface area contributed by atoms with Gasteiger partial charge in [0.15, 0.2) is 11.6 Å². The number of nitriles is 1. The summed E-state index contributed by atoms with van der Waals surface area (Å²) in [4.78, 5) is 1.72. The first kappa shape index (κ1) is 12.8. The van der Waals surface area contributed by atoms with E-state index in [0.29, 0.717) is 13.2 Å². The first-order valence-electron chi connectivity index (χ1n) is 5.84. The second-order valence-corrected chi connectivity index (χ2v) is 4.33. The van der Waals surface area contributed by atoms with Crippen LogP contribution in [0.15, 0.2) is 12.1 Å². The molecule has 0 bridgehead atoms. The highest BCUT2D eigenvalue weighted by Gasteiger charge is 2.23. The van der Waals surface area contributed by atoms with Crippen molar-refractivity contribution < 1.29 is 13.5 Å². The van der Waals surface area contributed by atoms with Crippen molar-refractivity contribution in [2.45, 2.75) is 18.9 Å². The Bertz CT molecular complexity index is 479. The largest absolute Gasteiger partial charge is 0.381 e. The van der Waals surface area contributed by atoms with Crippen molar-refractivity contribution in [2.75, 3.05) is 25.2 Å². The first-order chi connectivity index (χ1) is 8.65. The minimum absolute atomic E-state index is 0.139. The first-order valence-corrected chi connectivity index (χ1v) is 5.84. The Kier molecular flexibility index (Phi) is 3.78. The Morgan fingerprint density at radius 1 is 1.28 bits per heavy atom. The fourth-order valence-electron chi connectivity index (χ4n) is 2.17. The highest BCUT2D eigenvalue weighted by molar-refractivity contribution is 5.52. The van der Waals surface area contributed by atoms with Gasteiger partial charge in [-0.1, -0.05) is 0 Å². The number of ether oxygens (including phenoxy) is 1. The zero-order valence-electron chi connectivity index (χ0n) is 10.1. The monoisotopic (exact) mass is 252 g/mol. The van der Waals surface area contributed by atoms with Gasteiger partial charge in [-0.3, -0.25) is 0 Å². The van der Waals surface area contributed by atoms with Crippen LogP contribution < -0.4 is 4.90 Å². The molecule has 0 saturated carbocycles. The van der Waals surface area contributed by atoms with Gasteiger partial charge >= 0.3 is 0 Å². The van der Waals surface area contributed by atoms with Crippen LogP contribution in [0.3, 0.4) is 0 Å². The molecule has 1 aliphatic rings. The number of anilines is 1.